The lowest BCUT2D eigenvalue weighted by Crippen LogP contribution is -2.56. The molecule has 1 aromatic carbocycles. The van der Waals surface area contributed by atoms with Gasteiger partial charge in [-0.05, 0) is 70.6 Å². The highest BCUT2D eigenvalue weighted by Gasteiger charge is 2.57. The van der Waals surface area contributed by atoms with Crippen LogP contribution in [0.4, 0.5) is 0 Å². The number of hydrogen-bond acceptors (Lipinski definition) is 6. The van der Waals surface area contributed by atoms with E-state index in [9.17, 15) is 8.42 Å². The summed E-state index contributed by atoms with van der Waals surface area (Å²) < 4.78 is 29.9. The third-order valence-corrected chi connectivity index (χ3v) is 8.97. The van der Waals surface area contributed by atoms with Gasteiger partial charge in [-0.15, -0.1) is 5.92 Å². The van der Waals surface area contributed by atoms with Crippen LogP contribution in [0, 0.1) is 23.7 Å². The van der Waals surface area contributed by atoms with Crippen molar-refractivity contribution in [3.8, 4) is 11.8 Å². The maximum Gasteiger partial charge on any atom is 0.167 e. The number of aliphatic imine (C=N–C) groups is 1. The Morgan fingerprint density at radius 2 is 2.07 bits per heavy atom. The average molecular weight is 400 g/mol. The van der Waals surface area contributed by atoms with Crippen LogP contribution in [-0.2, 0) is 16.3 Å². The average Bonchev–Trinajstić information content (AvgIpc) is 3.28. The summed E-state index contributed by atoms with van der Waals surface area (Å²) in [7, 11) is -3.36. The topological polar surface area (TPSA) is 98.5 Å². The van der Waals surface area contributed by atoms with E-state index in [0.717, 1.165) is 35.1 Å². The first-order valence-corrected chi connectivity index (χ1v) is 11.1. The Bertz CT molecular complexity index is 1150. The second kappa shape index (κ2) is 6.08. The second-order valence-electron chi connectivity index (χ2n) is 8.65. The van der Waals surface area contributed by atoms with Crippen LogP contribution in [0.1, 0.15) is 45.4 Å². The van der Waals surface area contributed by atoms with Gasteiger partial charge in [0.15, 0.2) is 15.4 Å². The lowest BCUT2D eigenvalue weighted by atomic mass is 9.94. The molecule has 0 bridgehead atoms. The normalized spacial score (nSPS) is 30.4. The number of benzene rings is 1. The van der Waals surface area contributed by atoms with Crippen molar-refractivity contribution in [1.82, 2.24) is 5.16 Å². The number of nitrogens with two attached hydrogens (primary N) is 1. The van der Waals surface area contributed by atoms with Crippen molar-refractivity contribution in [1.29, 1.82) is 0 Å². The highest BCUT2D eigenvalue weighted by molar-refractivity contribution is 7.93. The van der Waals surface area contributed by atoms with Crippen LogP contribution in [0.3, 0.4) is 0 Å². The number of nitrogens with zero attached hydrogens (tertiary/aromatic N) is 2. The predicted molar refractivity (Wildman–Crippen MR) is 110 cm³/mol. The minimum absolute atomic E-state index is 0.0324. The lowest BCUT2D eigenvalue weighted by Gasteiger charge is -2.38. The van der Waals surface area contributed by atoms with Gasteiger partial charge in [0.25, 0.3) is 0 Å². The fraction of sp³-hybridized carbons (Fsp3) is 0.524. The molecule has 1 fully saturated rings. The Kier molecular flexibility index (Phi) is 4.13. The Morgan fingerprint density at radius 1 is 1.32 bits per heavy atom. The Morgan fingerprint density at radius 3 is 2.75 bits per heavy atom. The molecule has 1 aliphatic carbocycles. The first-order valence-electron chi connectivity index (χ1n) is 9.46. The molecule has 148 valence electrons. The van der Waals surface area contributed by atoms with Crippen molar-refractivity contribution in [2.24, 2.45) is 22.6 Å². The molecule has 28 heavy (non-hydrogen) atoms. The van der Waals surface area contributed by atoms with Crippen LogP contribution in [0.2, 0.25) is 0 Å². The molecule has 1 aliphatic heterocycles. The summed E-state index contributed by atoms with van der Waals surface area (Å²) in [6.45, 7) is 6.97. The second-order valence-corrected chi connectivity index (χ2v) is 11.2. The number of sulfone groups is 1. The van der Waals surface area contributed by atoms with Gasteiger partial charge in [-0.1, -0.05) is 11.1 Å². The molecule has 2 aliphatic rings. The van der Waals surface area contributed by atoms with Crippen molar-refractivity contribution in [3.63, 3.8) is 0 Å². The van der Waals surface area contributed by atoms with E-state index in [4.69, 9.17) is 10.3 Å². The van der Waals surface area contributed by atoms with E-state index in [1.807, 2.05) is 25.1 Å². The first-order chi connectivity index (χ1) is 13.1. The van der Waals surface area contributed by atoms with Gasteiger partial charge in [0.05, 0.1) is 17.0 Å². The number of aromatic nitrogens is 1. The molecular formula is C21H25N3O3S. The third kappa shape index (κ3) is 2.91. The molecule has 7 heteroatoms. The molecule has 1 saturated carbocycles. The van der Waals surface area contributed by atoms with E-state index in [1.54, 1.807) is 20.8 Å². The maximum absolute atomic E-state index is 12.8. The maximum atomic E-state index is 12.8. The summed E-state index contributed by atoms with van der Waals surface area (Å²) >= 11 is 0. The van der Waals surface area contributed by atoms with Crippen LogP contribution in [-0.4, -0.2) is 35.4 Å². The monoisotopic (exact) mass is 399 g/mol. The Balaban J connectivity index is 1.58. The summed E-state index contributed by atoms with van der Waals surface area (Å²) in [5, 5.41) is 5.21. The third-order valence-electron chi connectivity index (χ3n) is 6.24. The summed E-state index contributed by atoms with van der Waals surface area (Å²) in [4.78, 5) is 4.66. The highest BCUT2D eigenvalue weighted by atomic mass is 32.2. The first kappa shape index (κ1) is 19.0. The van der Waals surface area contributed by atoms with E-state index in [1.165, 1.54) is 0 Å². The quantitative estimate of drug-likeness (QED) is 0.800. The Labute approximate surface area is 165 Å². The fourth-order valence-electron chi connectivity index (χ4n) is 4.20. The minimum atomic E-state index is -3.36. The molecule has 4 rings (SSSR count). The molecule has 0 radical (unpaired) electrons. The van der Waals surface area contributed by atoms with Crippen molar-refractivity contribution < 1.29 is 12.9 Å². The van der Waals surface area contributed by atoms with Gasteiger partial charge in [-0.25, -0.2) is 8.42 Å². The summed E-state index contributed by atoms with van der Waals surface area (Å²) in [6.07, 6.45) is 1.64. The van der Waals surface area contributed by atoms with Gasteiger partial charge in [-0.3, -0.25) is 4.99 Å². The predicted octanol–water partition coefficient (Wildman–Crippen LogP) is 2.70. The van der Waals surface area contributed by atoms with Crippen LogP contribution in [0.15, 0.2) is 27.7 Å². The van der Waals surface area contributed by atoms with Gasteiger partial charge in [0, 0.05) is 10.9 Å². The van der Waals surface area contributed by atoms with E-state index < -0.39 is 20.1 Å². The van der Waals surface area contributed by atoms with Gasteiger partial charge in [0.1, 0.15) is 10.6 Å². The van der Waals surface area contributed by atoms with E-state index >= 15 is 0 Å². The van der Waals surface area contributed by atoms with E-state index in [2.05, 4.69) is 22.0 Å². The van der Waals surface area contributed by atoms with Gasteiger partial charge < -0.3 is 10.3 Å². The van der Waals surface area contributed by atoms with Crippen LogP contribution in [0.5, 0.6) is 0 Å². The number of amidine groups is 1. The number of hydrogen-bond donors (Lipinski definition) is 1. The largest absolute Gasteiger partial charge is 0.386 e. The van der Waals surface area contributed by atoms with Crippen LogP contribution < -0.4 is 5.73 Å². The molecule has 2 heterocycles. The molecular weight excluding hydrogens is 374 g/mol. The smallest absolute Gasteiger partial charge is 0.167 e. The number of fused-ring (bicyclic) bond motifs is 1. The molecule has 0 saturated heterocycles. The van der Waals surface area contributed by atoms with Crippen molar-refractivity contribution in [2.45, 2.75) is 50.8 Å². The summed E-state index contributed by atoms with van der Waals surface area (Å²) in [5.41, 5.74) is 7.94. The molecule has 1 aromatic heterocycles. The van der Waals surface area contributed by atoms with E-state index in [0.29, 0.717) is 5.92 Å². The molecule has 0 amide bonds. The van der Waals surface area contributed by atoms with E-state index in [-0.39, 0.29) is 17.5 Å². The van der Waals surface area contributed by atoms with Gasteiger partial charge >= 0.3 is 0 Å². The SMILES string of the molecule is CC#Cc1ccc2onc(C[C@H]3CC3[C@]3(C)CS(=O)(=O)C(C)(C)C(N)=N3)c2c1. The molecule has 0 spiro atoms. The van der Waals surface area contributed by atoms with Crippen LogP contribution >= 0.6 is 0 Å². The highest BCUT2D eigenvalue weighted by Crippen LogP contribution is 2.52. The summed E-state index contributed by atoms with van der Waals surface area (Å²) in [5.74, 6) is 6.68. The zero-order chi connectivity index (χ0) is 20.3. The van der Waals surface area contributed by atoms with Crippen molar-refractivity contribution >= 4 is 26.6 Å². The standard InChI is InChI=1S/C21H25N3O3S/c1-5-6-13-7-8-18-15(9-13)17(24-27-18)11-14-10-16(14)21(4)12-28(25,26)20(2,3)19(22)23-21/h7-9,14,16H,10-12H2,1-4H3,(H2,22,23)/t14-,16?,21+/m1/s1. The molecule has 3 atom stereocenters. The van der Waals surface area contributed by atoms with Crippen molar-refractivity contribution in [2.75, 3.05) is 5.75 Å². The lowest BCUT2D eigenvalue weighted by molar-refractivity contribution is 0.404. The molecule has 2 N–H and O–H groups in total. The van der Waals surface area contributed by atoms with Crippen molar-refractivity contribution in [3.05, 3.63) is 29.5 Å². The molecule has 1 unspecified atom stereocenters. The fourth-order valence-corrected chi connectivity index (χ4v) is 5.97. The zero-order valence-electron chi connectivity index (χ0n) is 16.6. The van der Waals surface area contributed by atoms with Gasteiger partial charge in [0.2, 0.25) is 0 Å². The molecule has 2 aromatic rings. The summed E-state index contributed by atoms with van der Waals surface area (Å²) in [6, 6.07) is 5.80. The zero-order valence-corrected chi connectivity index (χ0v) is 17.4. The van der Waals surface area contributed by atoms with Gasteiger partial charge in [-0.2, -0.15) is 0 Å². The van der Waals surface area contributed by atoms with Crippen LogP contribution in [0.25, 0.3) is 11.0 Å². The minimum Gasteiger partial charge on any atom is -0.386 e. The number of rotatable bonds is 3. The Hall–Kier alpha value is -2.33. The molecule has 6 nitrogen and oxygen atoms in total.